The van der Waals surface area contributed by atoms with Crippen LogP contribution in [0.1, 0.15) is 67.9 Å². The van der Waals surface area contributed by atoms with Gasteiger partial charge in [0.1, 0.15) is 0 Å². The van der Waals surface area contributed by atoms with Gasteiger partial charge in [0.15, 0.2) is 5.69 Å². The second kappa shape index (κ2) is 8.32. The number of carbonyl (C=O) groups excluding carboxylic acids is 1. The second-order valence-electron chi connectivity index (χ2n) is 8.94. The summed E-state index contributed by atoms with van der Waals surface area (Å²) in [6.07, 6.45) is 3.61. The van der Waals surface area contributed by atoms with E-state index in [1.807, 2.05) is 0 Å². The first kappa shape index (κ1) is 21.3. The Morgan fingerprint density at radius 1 is 1.33 bits per heavy atom. The fourth-order valence-corrected chi connectivity index (χ4v) is 5.44. The normalized spacial score (nSPS) is 29.5. The Kier molecular flexibility index (Phi) is 5.92. The highest BCUT2D eigenvalue weighted by Crippen LogP contribution is 2.47. The van der Waals surface area contributed by atoms with Crippen molar-refractivity contribution in [2.45, 2.75) is 63.6 Å². The number of amides is 1. The van der Waals surface area contributed by atoms with Gasteiger partial charge in [0.05, 0.1) is 18.8 Å². The van der Waals surface area contributed by atoms with Crippen LogP contribution in [-0.4, -0.2) is 52.6 Å². The molecule has 0 spiro atoms. The number of ether oxygens (including phenoxy) is 1. The summed E-state index contributed by atoms with van der Waals surface area (Å²) in [7, 11) is 0. The molecule has 0 radical (unpaired) electrons. The van der Waals surface area contributed by atoms with Crippen LogP contribution in [0, 0.1) is 11.8 Å². The van der Waals surface area contributed by atoms with Crippen LogP contribution >= 0.6 is 0 Å². The van der Waals surface area contributed by atoms with E-state index in [1.54, 1.807) is 0 Å². The molecule has 30 heavy (non-hydrogen) atoms. The fraction of sp³-hybridized carbons (Fsp3) is 0.762. The monoisotopic (exact) mass is 426 g/mol. The number of aromatic nitrogens is 2. The van der Waals surface area contributed by atoms with Crippen molar-refractivity contribution in [1.29, 1.82) is 0 Å². The molecule has 1 aromatic rings. The van der Waals surface area contributed by atoms with Gasteiger partial charge in [-0.05, 0) is 37.5 Å². The summed E-state index contributed by atoms with van der Waals surface area (Å²) < 4.78 is 46.5. The Balaban J connectivity index is 1.61. The van der Waals surface area contributed by atoms with Gasteiger partial charge in [-0.3, -0.25) is 4.79 Å². The van der Waals surface area contributed by atoms with Crippen molar-refractivity contribution in [2.75, 3.05) is 31.6 Å². The Labute approximate surface area is 174 Å². The molecule has 3 atom stereocenters. The van der Waals surface area contributed by atoms with Crippen molar-refractivity contribution in [1.82, 2.24) is 14.9 Å². The van der Waals surface area contributed by atoms with Gasteiger partial charge in [0.25, 0.3) is 5.91 Å². The summed E-state index contributed by atoms with van der Waals surface area (Å²) in [6.45, 7) is 3.33. The molecule has 0 aromatic carbocycles. The molecule has 1 aliphatic heterocycles. The van der Waals surface area contributed by atoms with Crippen molar-refractivity contribution < 1.29 is 22.7 Å². The molecule has 2 heterocycles. The van der Waals surface area contributed by atoms with Crippen molar-refractivity contribution >= 4 is 11.9 Å². The van der Waals surface area contributed by atoms with E-state index in [4.69, 9.17) is 4.74 Å². The van der Waals surface area contributed by atoms with Gasteiger partial charge in [-0.1, -0.05) is 26.2 Å². The molecular weight excluding hydrogens is 397 g/mol. The molecule has 166 valence electrons. The van der Waals surface area contributed by atoms with Crippen molar-refractivity contribution in [3.8, 4) is 0 Å². The topological polar surface area (TPSA) is 67.4 Å². The lowest BCUT2D eigenvalue weighted by Crippen LogP contribution is -2.48. The van der Waals surface area contributed by atoms with Crippen LogP contribution in [0.2, 0.25) is 0 Å². The highest BCUT2D eigenvalue weighted by Gasteiger charge is 2.44. The van der Waals surface area contributed by atoms with Crippen LogP contribution < -0.4 is 5.32 Å². The number of nitrogens with zero attached hydrogens (tertiary/aromatic N) is 3. The molecular formula is C21H29F3N4O2. The van der Waals surface area contributed by atoms with Gasteiger partial charge < -0.3 is 15.0 Å². The minimum atomic E-state index is -4.73. The first-order valence-electron chi connectivity index (χ1n) is 10.9. The van der Waals surface area contributed by atoms with Crippen LogP contribution in [0.4, 0.5) is 19.1 Å². The molecule has 6 nitrogen and oxygen atoms in total. The van der Waals surface area contributed by atoms with E-state index in [2.05, 4.69) is 22.2 Å². The summed E-state index contributed by atoms with van der Waals surface area (Å²) in [5.74, 6) is 0.449. The number of hydrogen-bond donors (Lipinski definition) is 1. The minimum absolute atomic E-state index is 0.0294. The van der Waals surface area contributed by atoms with Crippen molar-refractivity contribution in [3.63, 3.8) is 0 Å². The molecule has 3 unspecified atom stereocenters. The largest absolute Gasteiger partial charge is 0.434 e. The molecule has 2 bridgehead atoms. The molecule has 2 saturated carbocycles. The summed E-state index contributed by atoms with van der Waals surface area (Å²) in [6, 6.07) is 0. The van der Waals surface area contributed by atoms with Crippen molar-refractivity contribution in [2.24, 2.45) is 11.8 Å². The predicted molar refractivity (Wildman–Crippen MR) is 105 cm³/mol. The number of rotatable bonds is 4. The van der Waals surface area contributed by atoms with E-state index in [-0.39, 0.29) is 24.6 Å². The quantitative estimate of drug-likeness (QED) is 0.784. The van der Waals surface area contributed by atoms with Gasteiger partial charge in [0, 0.05) is 24.8 Å². The van der Waals surface area contributed by atoms with Crippen molar-refractivity contribution in [3.05, 3.63) is 17.5 Å². The lowest BCUT2D eigenvalue weighted by Gasteiger charge is -2.48. The van der Waals surface area contributed by atoms with E-state index >= 15 is 0 Å². The van der Waals surface area contributed by atoms with Gasteiger partial charge in [-0.2, -0.15) is 13.2 Å². The van der Waals surface area contributed by atoms with Gasteiger partial charge in [-0.25, -0.2) is 9.97 Å². The first-order chi connectivity index (χ1) is 14.3. The minimum Gasteiger partial charge on any atom is -0.378 e. The molecule has 9 heteroatoms. The van der Waals surface area contributed by atoms with Crippen LogP contribution in [0.25, 0.3) is 0 Å². The zero-order valence-electron chi connectivity index (χ0n) is 17.3. The summed E-state index contributed by atoms with van der Waals surface area (Å²) in [5.41, 5.74) is -1.91. The number of nitrogens with one attached hydrogen (secondary N) is 1. The number of halogens is 3. The van der Waals surface area contributed by atoms with E-state index < -0.39 is 23.3 Å². The number of anilines is 1. The Morgan fingerprint density at radius 3 is 2.80 bits per heavy atom. The average molecular weight is 426 g/mol. The first-order valence-corrected chi connectivity index (χ1v) is 10.9. The SMILES string of the molecule is CCC1CC2CCCC(Nc3ncc(C(=O)N4CCOCC4)c(C(F)(F)F)n3)(C1)C2. The number of hydrogen-bond acceptors (Lipinski definition) is 5. The summed E-state index contributed by atoms with van der Waals surface area (Å²) in [4.78, 5) is 22.0. The number of alkyl halides is 3. The highest BCUT2D eigenvalue weighted by atomic mass is 19.4. The highest BCUT2D eigenvalue weighted by molar-refractivity contribution is 5.95. The number of morpholine rings is 1. The molecule has 3 aliphatic rings. The third-order valence-corrected chi connectivity index (χ3v) is 6.83. The molecule has 4 rings (SSSR count). The molecule has 1 aromatic heterocycles. The van der Waals surface area contributed by atoms with Crippen LogP contribution in [-0.2, 0) is 10.9 Å². The molecule has 1 amide bonds. The second-order valence-corrected chi connectivity index (χ2v) is 8.94. The van der Waals surface area contributed by atoms with Crippen LogP contribution in [0.15, 0.2) is 6.20 Å². The van der Waals surface area contributed by atoms with Crippen LogP contribution in [0.5, 0.6) is 0 Å². The smallest absolute Gasteiger partial charge is 0.378 e. The lowest BCUT2D eigenvalue weighted by atomic mass is 9.63. The van der Waals surface area contributed by atoms with Crippen LogP contribution in [0.3, 0.4) is 0 Å². The Morgan fingerprint density at radius 2 is 2.10 bits per heavy atom. The van der Waals surface area contributed by atoms with E-state index in [0.29, 0.717) is 25.0 Å². The van der Waals surface area contributed by atoms with E-state index in [0.717, 1.165) is 38.3 Å². The zero-order chi connectivity index (χ0) is 21.4. The molecule has 1 N–H and O–H groups in total. The molecule has 3 fully saturated rings. The van der Waals surface area contributed by atoms with Gasteiger partial charge in [0.2, 0.25) is 5.95 Å². The summed E-state index contributed by atoms with van der Waals surface area (Å²) in [5, 5.41) is 3.28. The maximum Gasteiger partial charge on any atom is 0.434 e. The van der Waals surface area contributed by atoms with Gasteiger partial charge in [-0.15, -0.1) is 0 Å². The lowest BCUT2D eigenvalue weighted by molar-refractivity contribution is -0.141. The fourth-order valence-electron chi connectivity index (χ4n) is 5.44. The van der Waals surface area contributed by atoms with E-state index in [1.165, 1.54) is 17.7 Å². The molecule has 2 aliphatic carbocycles. The average Bonchev–Trinajstić information content (AvgIpc) is 2.72. The standard InChI is InChI=1S/C21H29F3N4O2/c1-2-14-10-15-4-3-5-20(11-14,12-15)27-19-25-13-16(17(26-19)21(22,23)24)18(29)28-6-8-30-9-7-28/h13-15H,2-12H2,1H3,(H,25,26,27). The number of carbonyl (C=O) groups is 1. The van der Waals surface area contributed by atoms with E-state index in [9.17, 15) is 18.0 Å². The maximum atomic E-state index is 13.8. The third-order valence-electron chi connectivity index (χ3n) is 6.83. The Bertz CT molecular complexity index is 782. The number of fused-ring (bicyclic) bond motifs is 2. The van der Waals surface area contributed by atoms with Gasteiger partial charge >= 0.3 is 6.18 Å². The summed E-state index contributed by atoms with van der Waals surface area (Å²) >= 11 is 0. The Hall–Kier alpha value is -1.90. The maximum absolute atomic E-state index is 13.8. The predicted octanol–water partition coefficient (Wildman–Crippen LogP) is 4.13. The third kappa shape index (κ3) is 4.40. The molecule has 1 saturated heterocycles. The zero-order valence-corrected chi connectivity index (χ0v) is 17.3.